The van der Waals surface area contributed by atoms with Crippen LogP contribution in [-0.2, 0) is 0 Å². The Labute approximate surface area is 136 Å². The molecule has 1 atom stereocenters. The van der Waals surface area contributed by atoms with E-state index in [0.717, 1.165) is 24.9 Å². The average Bonchev–Trinajstić information content (AvgIpc) is 3.23. The van der Waals surface area contributed by atoms with Gasteiger partial charge in [0.25, 0.3) is 5.91 Å². The minimum Gasteiger partial charge on any atom is -0.335 e. The molecule has 118 valence electrons. The van der Waals surface area contributed by atoms with Crippen LogP contribution in [0.15, 0.2) is 35.4 Å². The molecule has 7 heteroatoms. The second-order valence-electron chi connectivity index (χ2n) is 5.71. The number of nitrogens with zero attached hydrogens (tertiary/aromatic N) is 4. The molecule has 0 spiro atoms. The highest BCUT2D eigenvalue weighted by atomic mass is 32.1. The number of rotatable bonds is 2. The van der Waals surface area contributed by atoms with Crippen LogP contribution in [0, 0.1) is 5.82 Å². The lowest BCUT2D eigenvalue weighted by molar-refractivity contribution is 0.0676. The summed E-state index contributed by atoms with van der Waals surface area (Å²) in [5.41, 5.74) is 3.73. The van der Waals surface area contributed by atoms with Gasteiger partial charge in [-0.05, 0) is 25.0 Å². The first kappa shape index (κ1) is 14.3. The largest absolute Gasteiger partial charge is 0.335 e. The molecule has 1 fully saturated rings. The van der Waals surface area contributed by atoms with Crippen LogP contribution in [0.2, 0.25) is 0 Å². The fraction of sp³-hybridized carbons (Fsp3) is 0.312. The third kappa shape index (κ3) is 2.61. The molecule has 0 bridgehead atoms. The number of amides is 1. The van der Waals surface area contributed by atoms with Gasteiger partial charge in [0.05, 0.1) is 28.9 Å². The maximum Gasteiger partial charge on any atom is 0.273 e. The van der Waals surface area contributed by atoms with E-state index in [0.29, 0.717) is 17.8 Å². The van der Waals surface area contributed by atoms with Gasteiger partial charge in [-0.2, -0.15) is 0 Å². The first-order valence-corrected chi connectivity index (χ1v) is 8.46. The van der Waals surface area contributed by atoms with Crippen molar-refractivity contribution in [3.63, 3.8) is 0 Å². The van der Waals surface area contributed by atoms with Gasteiger partial charge in [0, 0.05) is 24.5 Å². The zero-order valence-corrected chi connectivity index (χ0v) is 13.2. The number of halogens is 1. The number of fused-ring (bicyclic) bond motifs is 1. The third-order valence-electron chi connectivity index (χ3n) is 4.27. The maximum absolute atomic E-state index is 13.3. The van der Waals surface area contributed by atoms with Crippen molar-refractivity contribution in [2.45, 2.75) is 18.9 Å². The Morgan fingerprint density at radius 3 is 3.09 bits per heavy atom. The normalized spacial score (nSPS) is 18.5. The number of imidazole rings is 1. The van der Waals surface area contributed by atoms with Gasteiger partial charge in [0.15, 0.2) is 0 Å². The van der Waals surface area contributed by atoms with E-state index in [4.69, 9.17) is 0 Å². The Hall–Kier alpha value is -2.28. The van der Waals surface area contributed by atoms with Crippen molar-refractivity contribution in [1.29, 1.82) is 0 Å². The molecule has 1 amide bonds. The lowest BCUT2D eigenvalue weighted by Crippen LogP contribution is -2.40. The summed E-state index contributed by atoms with van der Waals surface area (Å²) in [5, 5.41) is 1.78. The van der Waals surface area contributed by atoms with Crippen molar-refractivity contribution in [2.24, 2.45) is 0 Å². The minimum absolute atomic E-state index is 0.0218. The molecule has 0 aliphatic carbocycles. The molecule has 1 aliphatic heterocycles. The number of benzene rings is 1. The lowest BCUT2D eigenvalue weighted by Gasteiger charge is -2.33. The molecule has 2 aromatic heterocycles. The zero-order chi connectivity index (χ0) is 15.8. The first-order chi connectivity index (χ1) is 11.2. The molecule has 1 unspecified atom stereocenters. The number of aromatic nitrogens is 3. The summed E-state index contributed by atoms with van der Waals surface area (Å²) in [6.07, 6.45) is 3.65. The van der Waals surface area contributed by atoms with Crippen molar-refractivity contribution in [2.75, 3.05) is 13.1 Å². The predicted octanol–water partition coefficient (Wildman–Crippen LogP) is 3.11. The summed E-state index contributed by atoms with van der Waals surface area (Å²) in [7, 11) is 0. The Balaban J connectivity index is 1.60. The van der Waals surface area contributed by atoms with Crippen LogP contribution in [0.1, 0.15) is 29.4 Å². The van der Waals surface area contributed by atoms with Gasteiger partial charge >= 0.3 is 0 Å². The summed E-state index contributed by atoms with van der Waals surface area (Å²) in [6, 6.07) is 4.79. The SMILES string of the molecule is O=C(c1cscn1)N1CCCC(n2cnc3cc(F)ccc32)C1. The van der Waals surface area contributed by atoms with Crippen molar-refractivity contribution >= 4 is 28.3 Å². The van der Waals surface area contributed by atoms with E-state index in [9.17, 15) is 9.18 Å². The van der Waals surface area contributed by atoms with Gasteiger partial charge in [0.2, 0.25) is 0 Å². The molecule has 23 heavy (non-hydrogen) atoms. The van der Waals surface area contributed by atoms with E-state index in [1.807, 2.05) is 4.90 Å². The monoisotopic (exact) mass is 330 g/mol. The number of carbonyl (C=O) groups excluding carboxylic acids is 1. The molecule has 4 rings (SSSR count). The van der Waals surface area contributed by atoms with E-state index in [1.54, 1.807) is 23.3 Å². The van der Waals surface area contributed by atoms with Gasteiger partial charge in [-0.3, -0.25) is 4.79 Å². The number of hydrogen-bond donors (Lipinski definition) is 0. The molecule has 0 saturated carbocycles. The van der Waals surface area contributed by atoms with Crippen molar-refractivity contribution in [3.05, 3.63) is 46.9 Å². The Morgan fingerprint density at radius 2 is 2.26 bits per heavy atom. The summed E-state index contributed by atoms with van der Waals surface area (Å²) < 4.78 is 15.4. The molecule has 1 aliphatic rings. The summed E-state index contributed by atoms with van der Waals surface area (Å²) in [4.78, 5) is 22.7. The molecule has 1 aromatic carbocycles. The molecule has 1 saturated heterocycles. The molecule has 3 heterocycles. The van der Waals surface area contributed by atoms with Crippen LogP contribution in [0.5, 0.6) is 0 Å². The molecular formula is C16H15FN4OS. The van der Waals surface area contributed by atoms with Gasteiger partial charge in [0.1, 0.15) is 11.5 Å². The second kappa shape index (κ2) is 5.73. The number of carbonyl (C=O) groups is 1. The molecule has 0 radical (unpaired) electrons. The highest BCUT2D eigenvalue weighted by Gasteiger charge is 2.27. The predicted molar refractivity (Wildman–Crippen MR) is 86.0 cm³/mol. The van der Waals surface area contributed by atoms with Gasteiger partial charge in [-0.1, -0.05) is 0 Å². The van der Waals surface area contributed by atoms with E-state index in [-0.39, 0.29) is 17.8 Å². The van der Waals surface area contributed by atoms with Gasteiger partial charge in [-0.25, -0.2) is 14.4 Å². The van der Waals surface area contributed by atoms with Gasteiger partial charge in [-0.15, -0.1) is 11.3 Å². The third-order valence-corrected chi connectivity index (χ3v) is 4.85. The lowest BCUT2D eigenvalue weighted by atomic mass is 10.0. The minimum atomic E-state index is -0.285. The first-order valence-electron chi connectivity index (χ1n) is 7.52. The highest BCUT2D eigenvalue weighted by Crippen LogP contribution is 2.26. The Bertz CT molecular complexity index is 845. The molecule has 3 aromatic rings. The van der Waals surface area contributed by atoms with Gasteiger partial charge < -0.3 is 9.47 Å². The van der Waals surface area contributed by atoms with E-state index in [2.05, 4.69) is 14.5 Å². The summed E-state index contributed by atoms with van der Waals surface area (Å²) in [5.74, 6) is -0.307. The van der Waals surface area contributed by atoms with Crippen LogP contribution < -0.4 is 0 Å². The molecular weight excluding hydrogens is 315 g/mol. The Morgan fingerprint density at radius 1 is 1.35 bits per heavy atom. The molecule has 0 N–H and O–H groups in total. The average molecular weight is 330 g/mol. The van der Waals surface area contributed by atoms with Crippen LogP contribution in [0.3, 0.4) is 0 Å². The number of likely N-dealkylation sites (tertiary alicyclic amines) is 1. The summed E-state index contributed by atoms with van der Waals surface area (Å²) in [6.45, 7) is 1.37. The van der Waals surface area contributed by atoms with Crippen LogP contribution >= 0.6 is 11.3 Å². The zero-order valence-electron chi connectivity index (χ0n) is 12.4. The maximum atomic E-state index is 13.3. The van der Waals surface area contributed by atoms with Crippen LogP contribution in [-0.4, -0.2) is 38.4 Å². The van der Waals surface area contributed by atoms with Crippen molar-refractivity contribution in [1.82, 2.24) is 19.4 Å². The number of piperidine rings is 1. The van der Waals surface area contributed by atoms with E-state index < -0.39 is 0 Å². The highest BCUT2D eigenvalue weighted by molar-refractivity contribution is 7.07. The quantitative estimate of drug-likeness (QED) is 0.725. The van der Waals surface area contributed by atoms with E-state index >= 15 is 0 Å². The van der Waals surface area contributed by atoms with Crippen molar-refractivity contribution in [3.8, 4) is 0 Å². The Kier molecular flexibility index (Phi) is 3.57. The van der Waals surface area contributed by atoms with E-state index in [1.165, 1.54) is 23.5 Å². The number of thiazole rings is 1. The fourth-order valence-corrected chi connectivity index (χ4v) is 3.67. The molecule has 5 nitrogen and oxygen atoms in total. The van der Waals surface area contributed by atoms with Crippen molar-refractivity contribution < 1.29 is 9.18 Å². The topological polar surface area (TPSA) is 51.0 Å². The smallest absolute Gasteiger partial charge is 0.273 e. The standard InChI is InChI=1S/C16H15FN4OS/c17-11-3-4-15-13(6-11)18-9-21(15)12-2-1-5-20(7-12)16(22)14-8-23-10-19-14/h3-4,6,8-10,12H,1-2,5,7H2. The van der Waals surface area contributed by atoms with Crippen LogP contribution in [0.25, 0.3) is 11.0 Å². The summed E-state index contributed by atoms with van der Waals surface area (Å²) >= 11 is 1.42. The number of hydrogen-bond acceptors (Lipinski definition) is 4. The second-order valence-corrected chi connectivity index (χ2v) is 6.42. The van der Waals surface area contributed by atoms with Crippen LogP contribution in [0.4, 0.5) is 4.39 Å². The fourth-order valence-electron chi connectivity index (χ4n) is 3.14.